The number of nitriles is 1. The molecule has 0 unspecified atom stereocenters. The summed E-state index contributed by atoms with van der Waals surface area (Å²) < 4.78 is 11.2. The van der Waals surface area contributed by atoms with E-state index < -0.39 is 0 Å². The van der Waals surface area contributed by atoms with Crippen LogP contribution in [0.3, 0.4) is 0 Å². The molecule has 0 saturated carbocycles. The fraction of sp³-hybridized carbons (Fsp3) is 0.118. The van der Waals surface area contributed by atoms with Crippen molar-refractivity contribution < 1.29 is 9.15 Å². The van der Waals surface area contributed by atoms with Crippen molar-refractivity contribution >= 4 is 23.4 Å². The minimum absolute atomic E-state index is 0.460. The molecular formula is C17H12ClN3O2S. The molecule has 2 aromatic carbocycles. The highest BCUT2D eigenvalue weighted by Gasteiger charge is 2.09. The Hall–Kier alpha value is -2.49. The molecule has 24 heavy (non-hydrogen) atoms. The lowest BCUT2D eigenvalue weighted by Crippen LogP contribution is -1.99. The van der Waals surface area contributed by atoms with Crippen LogP contribution in [0.5, 0.6) is 5.75 Å². The van der Waals surface area contributed by atoms with E-state index in [4.69, 9.17) is 26.0 Å². The van der Waals surface area contributed by atoms with E-state index in [1.807, 2.05) is 12.1 Å². The Bertz CT molecular complexity index is 842. The van der Waals surface area contributed by atoms with Crippen molar-refractivity contribution in [3.05, 3.63) is 59.1 Å². The van der Waals surface area contributed by atoms with Gasteiger partial charge < -0.3 is 9.15 Å². The Morgan fingerprint density at radius 1 is 1.08 bits per heavy atom. The molecule has 3 rings (SSSR count). The average molecular weight is 358 g/mol. The number of nitrogens with zero attached hydrogens (tertiary/aromatic N) is 3. The molecule has 0 N–H and O–H groups in total. The highest BCUT2D eigenvalue weighted by Crippen LogP contribution is 2.24. The first kappa shape index (κ1) is 16.4. The smallest absolute Gasteiger partial charge is 0.276 e. The van der Waals surface area contributed by atoms with Crippen LogP contribution in [-0.4, -0.2) is 22.6 Å². The second kappa shape index (κ2) is 7.86. The molecule has 0 saturated heterocycles. The molecule has 0 radical (unpaired) electrons. The van der Waals surface area contributed by atoms with E-state index in [2.05, 4.69) is 16.3 Å². The third-order valence-electron chi connectivity index (χ3n) is 3.06. The lowest BCUT2D eigenvalue weighted by Gasteiger charge is -2.04. The first-order valence-electron chi connectivity index (χ1n) is 7.10. The number of hydrogen-bond acceptors (Lipinski definition) is 6. The van der Waals surface area contributed by atoms with Crippen LogP contribution in [-0.2, 0) is 0 Å². The zero-order valence-electron chi connectivity index (χ0n) is 12.5. The van der Waals surface area contributed by atoms with E-state index in [0.717, 1.165) is 11.3 Å². The van der Waals surface area contributed by atoms with Crippen LogP contribution in [0.15, 0.2) is 58.2 Å². The molecule has 120 valence electrons. The standard InChI is InChI=1S/C17H12ClN3O2S/c18-14-5-3-13(4-6-14)16-20-21-17(23-16)24-10-9-22-15-7-1-12(11-19)2-8-15/h1-8H,9-10H2. The summed E-state index contributed by atoms with van der Waals surface area (Å²) >= 11 is 7.28. The van der Waals surface area contributed by atoms with Gasteiger partial charge in [-0.15, -0.1) is 10.2 Å². The molecule has 0 aliphatic heterocycles. The third-order valence-corrected chi connectivity index (χ3v) is 4.09. The van der Waals surface area contributed by atoms with E-state index in [1.54, 1.807) is 36.4 Å². The van der Waals surface area contributed by atoms with E-state index >= 15 is 0 Å². The Labute approximate surface area is 148 Å². The highest BCUT2D eigenvalue weighted by molar-refractivity contribution is 7.99. The summed E-state index contributed by atoms with van der Waals surface area (Å²) in [6, 6.07) is 16.3. The highest BCUT2D eigenvalue weighted by atomic mass is 35.5. The number of thioether (sulfide) groups is 1. The molecule has 0 spiro atoms. The van der Waals surface area contributed by atoms with E-state index in [1.165, 1.54) is 11.8 Å². The maximum Gasteiger partial charge on any atom is 0.276 e. The molecule has 0 aliphatic carbocycles. The average Bonchev–Trinajstić information content (AvgIpc) is 3.09. The van der Waals surface area contributed by atoms with Gasteiger partial charge in [0, 0.05) is 16.3 Å². The molecule has 0 aliphatic rings. The van der Waals surface area contributed by atoms with Crippen molar-refractivity contribution in [1.82, 2.24) is 10.2 Å². The van der Waals surface area contributed by atoms with Crippen LogP contribution in [0.4, 0.5) is 0 Å². The predicted octanol–water partition coefficient (Wildman–Crippen LogP) is 4.43. The first-order chi connectivity index (χ1) is 11.7. The van der Waals surface area contributed by atoms with Gasteiger partial charge in [0.15, 0.2) is 0 Å². The number of ether oxygens (including phenoxy) is 1. The van der Waals surface area contributed by atoms with Gasteiger partial charge >= 0.3 is 0 Å². The van der Waals surface area contributed by atoms with Gasteiger partial charge in [-0.1, -0.05) is 23.4 Å². The van der Waals surface area contributed by atoms with Crippen molar-refractivity contribution in [1.29, 1.82) is 5.26 Å². The van der Waals surface area contributed by atoms with Crippen LogP contribution in [0.25, 0.3) is 11.5 Å². The molecule has 3 aromatic rings. The molecule has 0 bridgehead atoms. The normalized spacial score (nSPS) is 10.3. The monoisotopic (exact) mass is 357 g/mol. The van der Waals surface area contributed by atoms with E-state index in [-0.39, 0.29) is 0 Å². The lowest BCUT2D eigenvalue weighted by molar-refractivity contribution is 0.343. The van der Waals surface area contributed by atoms with Crippen LogP contribution in [0.1, 0.15) is 5.56 Å². The quantitative estimate of drug-likeness (QED) is 0.480. The maximum absolute atomic E-state index is 8.74. The molecule has 0 fully saturated rings. The van der Waals surface area contributed by atoms with Gasteiger partial charge in [0.2, 0.25) is 5.89 Å². The topological polar surface area (TPSA) is 71.9 Å². The van der Waals surface area contributed by atoms with Crippen LogP contribution in [0, 0.1) is 11.3 Å². The Morgan fingerprint density at radius 2 is 1.83 bits per heavy atom. The van der Waals surface area contributed by atoms with Crippen molar-refractivity contribution in [2.24, 2.45) is 0 Å². The van der Waals surface area contributed by atoms with Gasteiger partial charge in [0.05, 0.1) is 18.2 Å². The van der Waals surface area contributed by atoms with Gasteiger partial charge in [-0.05, 0) is 48.5 Å². The summed E-state index contributed by atoms with van der Waals surface area (Å²) in [7, 11) is 0. The summed E-state index contributed by atoms with van der Waals surface area (Å²) in [6.45, 7) is 0.495. The number of hydrogen-bond donors (Lipinski definition) is 0. The predicted molar refractivity (Wildman–Crippen MR) is 92.1 cm³/mol. The van der Waals surface area contributed by atoms with E-state index in [9.17, 15) is 0 Å². The zero-order valence-corrected chi connectivity index (χ0v) is 14.0. The fourth-order valence-corrected chi connectivity index (χ4v) is 2.60. The Morgan fingerprint density at radius 3 is 2.54 bits per heavy atom. The second-order valence-electron chi connectivity index (χ2n) is 4.71. The number of halogens is 1. The molecule has 1 heterocycles. The second-order valence-corrected chi connectivity index (χ2v) is 6.20. The minimum Gasteiger partial charge on any atom is -0.493 e. The van der Waals surface area contributed by atoms with Gasteiger partial charge in [-0.2, -0.15) is 5.26 Å². The maximum atomic E-state index is 8.74. The zero-order chi connectivity index (χ0) is 16.8. The molecule has 0 atom stereocenters. The van der Waals surface area contributed by atoms with Crippen LogP contribution < -0.4 is 4.74 Å². The number of rotatable bonds is 6. The van der Waals surface area contributed by atoms with Crippen molar-refractivity contribution in [2.45, 2.75) is 5.22 Å². The van der Waals surface area contributed by atoms with Crippen molar-refractivity contribution in [3.8, 4) is 23.3 Å². The van der Waals surface area contributed by atoms with Gasteiger partial charge in [-0.3, -0.25) is 0 Å². The SMILES string of the molecule is N#Cc1ccc(OCCSc2nnc(-c3ccc(Cl)cc3)o2)cc1. The molecule has 5 nitrogen and oxygen atoms in total. The van der Waals surface area contributed by atoms with Gasteiger partial charge in [-0.25, -0.2) is 0 Å². The van der Waals surface area contributed by atoms with Crippen molar-refractivity contribution in [2.75, 3.05) is 12.4 Å². The summed E-state index contributed by atoms with van der Waals surface area (Å²) in [5.41, 5.74) is 1.44. The Balaban J connectivity index is 1.48. The Kier molecular flexibility index (Phi) is 5.36. The third kappa shape index (κ3) is 4.28. The summed E-state index contributed by atoms with van der Waals surface area (Å²) in [4.78, 5) is 0. The lowest BCUT2D eigenvalue weighted by atomic mass is 10.2. The molecule has 7 heteroatoms. The summed E-state index contributed by atoms with van der Waals surface area (Å²) in [5.74, 6) is 1.85. The van der Waals surface area contributed by atoms with Crippen LogP contribution >= 0.6 is 23.4 Å². The number of aromatic nitrogens is 2. The fourth-order valence-electron chi connectivity index (χ4n) is 1.89. The summed E-state index contributed by atoms with van der Waals surface area (Å²) in [5, 5.41) is 17.9. The van der Waals surface area contributed by atoms with Gasteiger partial charge in [0.1, 0.15) is 5.75 Å². The largest absolute Gasteiger partial charge is 0.493 e. The molecule has 1 aromatic heterocycles. The summed E-state index contributed by atoms with van der Waals surface area (Å²) in [6.07, 6.45) is 0. The molecular weight excluding hydrogens is 346 g/mol. The van der Waals surface area contributed by atoms with Gasteiger partial charge in [0.25, 0.3) is 5.22 Å². The first-order valence-corrected chi connectivity index (χ1v) is 8.46. The molecule has 0 amide bonds. The van der Waals surface area contributed by atoms with Crippen LogP contribution in [0.2, 0.25) is 5.02 Å². The number of benzene rings is 2. The van der Waals surface area contributed by atoms with Crippen molar-refractivity contribution in [3.63, 3.8) is 0 Å². The minimum atomic E-state index is 0.460. The van der Waals surface area contributed by atoms with E-state index in [0.29, 0.717) is 34.1 Å².